The Labute approximate surface area is 105 Å². The van der Waals surface area contributed by atoms with Gasteiger partial charge in [0.05, 0.1) is 22.6 Å². The smallest absolute Gasteiger partial charge is 0.314 e. The molecule has 0 bridgehead atoms. The second-order valence-electron chi connectivity index (χ2n) is 3.99. The number of phenols is 1. The first-order valence-electron chi connectivity index (χ1n) is 4.93. The van der Waals surface area contributed by atoms with Crippen LogP contribution in [0.2, 0.25) is 0 Å². The van der Waals surface area contributed by atoms with Crippen molar-refractivity contribution in [2.75, 3.05) is 7.11 Å². The van der Waals surface area contributed by atoms with Crippen LogP contribution >= 0.6 is 15.9 Å². The van der Waals surface area contributed by atoms with E-state index in [0.29, 0.717) is 12.8 Å². The van der Waals surface area contributed by atoms with Crippen LogP contribution in [0, 0.1) is 5.82 Å². The van der Waals surface area contributed by atoms with Gasteiger partial charge >= 0.3 is 5.97 Å². The summed E-state index contributed by atoms with van der Waals surface area (Å²) >= 11 is 2.98. The summed E-state index contributed by atoms with van der Waals surface area (Å²) < 4.78 is 18.9. The molecule has 1 aliphatic rings. The number of ether oxygens (including phenoxy) is 1. The fourth-order valence-corrected chi connectivity index (χ4v) is 2.29. The van der Waals surface area contributed by atoms with Crippen LogP contribution in [0.25, 0.3) is 0 Å². The zero-order chi connectivity index (χ0) is 12.8. The van der Waals surface area contributed by atoms with Gasteiger partial charge in [0.2, 0.25) is 0 Å². The molecule has 0 aliphatic heterocycles. The van der Waals surface area contributed by atoms with Gasteiger partial charge in [-0.1, -0.05) is 0 Å². The van der Waals surface area contributed by atoms with E-state index in [1.54, 1.807) is 0 Å². The fraction of sp³-hybridized carbons (Fsp3) is 0.364. The van der Waals surface area contributed by atoms with Crippen molar-refractivity contribution in [1.29, 1.82) is 0 Å². The molecule has 1 saturated carbocycles. The lowest BCUT2D eigenvalue weighted by atomic mass is 9.94. The molecule has 0 saturated heterocycles. The average Bonchev–Trinajstić information content (AvgIpc) is 3.05. The molecular weight excluding hydrogens is 295 g/mol. The minimum absolute atomic E-state index is 0.0563. The lowest BCUT2D eigenvalue weighted by Crippen LogP contribution is -2.21. The van der Waals surface area contributed by atoms with E-state index in [1.165, 1.54) is 13.2 Å². The van der Waals surface area contributed by atoms with E-state index in [1.807, 2.05) is 0 Å². The number of halogens is 2. The van der Waals surface area contributed by atoms with Crippen LogP contribution in [0.3, 0.4) is 0 Å². The van der Waals surface area contributed by atoms with Gasteiger partial charge in [-0.3, -0.25) is 4.79 Å². The Morgan fingerprint density at radius 3 is 2.59 bits per heavy atom. The van der Waals surface area contributed by atoms with Crippen LogP contribution in [0.15, 0.2) is 10.5 Å². The third kappa shape index (κ3) is 1.67. The second kappa shape index (κ2) is 3.87. The molecule has 92 valence electrons. The molecule has 2 rings (SSSR count). The molecule has 0 spiro atoms. The zero-order valence-corrected chi connectivity index (χ0v) is 10.5. The molecular formula is C11H10BrFO4. The highest BCUT2D eigenvalue weighted by Crippen LogP contribution is 2.55. The number of phenolic OH excluding ortho intramolecular Hbond substituents is 1. The van der Waals surface area contributed by atoms with E-state index in [0.717, 1.165) is 0 Å². The molecule has 1 aliphatic carbocycles. The van der Waals surface area contributed by atoms with Gasteiger partial charge < -0.3 is 14.9 Å². The molecule has 0 radical (unpaired) electrons. The van der Waals surface area contributed by atoms with Crippen molar-refractivity contribution in [2.45, 2.75) is 18.3 Å². The Morgan fingerprint density at radius 2 is 2.18 bits per heavy atom. The lowest BCUT2D eigenvalue weighted by molar-refractivity contribution is -0.140. The first-order valence-corrected chi connectivity index (χ1v) is 5.72. The van der Waals surface area contributed by atoms with Crippen molar-refractivity contribution in [3.63, 3.8) is 0 Å². The largest absolute Gasteiger partial charge is 0.504 e. The van der Waals surface area contributed by atoms with Crippen LogP contribution in [0.4, 0.5) is 4.39 Å². The summed E-state index contributed by atoms with van der Waals surface area (Å²) in [5.74, 6) is -2.26. The van der Waals surface area contributed by atoms with Crippen molar-refractivity contribution < 1.29 is 24.1 Å². The maximum absolute atomic E-state index is 13.9. The predicted octanol–water partition coefficient (Wildman–Crippen LogP) is 2.42. The highest BCUT2D eigenvalue weighted by molar-refractivity contribution is 9.10. The molecule has 4 nitrogen and oxygen atoms in total. The summed E-state index contributed by atoms with van der Waals surface area (Å²) in [5, 5.41) is 19.0. The van der Waals surface area contributed by atoms with Crippen molar-refractivity contribution in [1.82, 2.24) is 0 Å². The summed E-state index contributed by atoms with van der Waals surface area (Å²) in [4.78, 5) is 11.2. The standard InChI is InChI=1S/C11H10BrFO4/c1-17-6-4-5(12)8(13)7(9(6)14)11(2-3-11)10(15)16/h4,14H,2-3H2,1H3,(H,15,16). The zero-order valence-electron chi connectivity index (χ0n) is 8.96. The van der Waals surface area contributed by atoms with Gasteiger partial charge in [-0.25, -0.2) is 4.39 Å². The number of hydrogen-bond acceptors (Lipinski definition) is 3. The van der Waals surface area contributed by atoms with Gasteiger partial charge in [-0.15, -0.1) is 0 Å². The van der Waals surface area contributed by atoms with Crippen molar-refractivity contribution in [3.8, 4) is 11.5 Å². The van der Waals surface area contributed by atoms with E-state index in [-0.39, 0.29) is 15.8 Å². The average molecular weight is 305 g/mol. The minimum atomic E-state index is -1.31. The van der Waals surface area contributed by atoms with E-state index >= 15 is 0 Å². The minimum Gasteiger partial charge on any atom is -0.504 e. The Bertz CT molecular complexity index is 497. The third-order valence-electron chi connectivity index (χ3n) is 3.02. The third-order valence-corrected chi connectivity index (χ3v) is 3.59. The van der Waals surface area contributed by atoms with E-state index in [2.05, 4.69) is 15.9 Å². The van der Waals surface area contributed by atoms with Crippen LogP contribution in [-0.2, 0) is 10.2 Å². The number of aromatic hydroxyl groups is 1. The molecule has 0 atom stereocenters. The fourth-order valence-electron chi connectivity index (χ4n) is 1.88. The highest BCUT2D eigenvalue weighted by atomic mass is 79.9. The topological polar surface area (TPSA) is 66.8 Å². The van der Waals surface area contributed by atoms with E-state index < -0.39 is 23.0 Å². The molecule has 17 heavy (non-hydrogen) atoms. The Morgan fingerprint density at radius 1 is 1.59 bits per heavy atom. The first kappa shape index (κ1) is 12.2. The van der Waals surface area contributed by atoms with Gasteiger partial charge in [0.25, 0.3) is 0 Å². The van der Waals surface area contributed by atoms with Crippen LogP contribution in [0.5, 0.6) is 11.5 Å². The van der Waals surface area contributed by atoms with Crippen LogP contribution in [-0.4, -0.2) is 23.3 Å². The number of carboxylic acid groups (broad SMARTS) is 1. The maximum Gasteiger partial charge on any atom is 0.314 e. The summed E-state index contributed by atoms with van der Waals surface area (Å²) in [7, 11) is 1.32. The lowest BCUT2D eigenvalue weighted by Gasteiger charge is -2.16. The monoisotopic (exact) mass is 304 g/mol. The van der Waals surface area contributed by atoms with E-state index in [4.69, 9.17) is 9.84 Å². The number of methoxy groups -OCH3 is 1. The predicted molar refractivity (Wildman–Crippen MR) is 60.9 cm³/mol. The summed E-state index contributed by atoms with van der Waals surface area (Å²) in [5.41, 5.74) is -1.51. The second-order valence-corrected chi connectivity index (χ2v) is 4.84. The number of carboxylic acids is 1. The maximum atomic E-state index is 13.9. The normalized spacial score (nSPS) is 16.6. The Balaban J connectivity index is 2.69. The van der Waals surface area contributed by atoms with Crippen LogP contribution in [0.1, 0.15) is 18.4 Å². The van der Waals surface area contributed by atoms with Crippen molar-refractivity contribution >= 4 is 21.9 Å². The Hall–Kier alpha value is -1.30. The molecule has 1 aromatic rings. The van der Waals surface area contributed by atoms with Gasteiger partial charge in [0, 0.05) is 6.07 Å². The molecule has 0 amide bonds. The molecule has 1 fully saturated rings. The quantitative estimate of drug-likeness (QED) is 0.900. The molecule has 0 aromatic heterocycles. The number of benzene rings is 1. The molecule has 6 heteroatoms. The SMILES string of the molecule is COc1cc(Br)c(F)c(C2(C(=O)O)CC2)c1O. The summed E-state index contributed by atoms with van der Waals surface area (Å²) in [6, 6.07) is 1.27. The molecule has 0 unspecified atom stereocenters. The highest BCUT2D eigenvalue weighted by Gasteiger charge is 2.55. The number of hydrogen-bond donors (Lipinski definition) is 2. The van der Waals surface area contributed by atoms with Crippen molar-refractivity contribution in [3.05, 3.63) is 21.9 Å². The number of rotatable bonds is 3. The van der Waals surface area contributed by atoms with Gasteiger partial charge in [-0.2, -0.15) is 0 Å². The summed E-state index contributed by atoms with van der Waals surface area (Å²) in [6.45, 7) is 0. The number of carbonyl (C=O) groups is 1. The van der Waals surface area contributed by atoms with Gasteiger partial charge in [0.1, 0.15) is 5.82 Å². The molecule has 0 heterocycles. The Kier molecular flexibility index (Phi) is 2.77. The molecule has 2 N–H and O–H groups in total. The van der Waals surface area contributed by atoms with Crippen LogP contribution < -0.4 is 4.74 Å². The van der Waals surface area contributed by atoms with Crippen molar-refractivity contribution in [2.24, 2.45) is 0 Å². The summed E-state index contributed by atoms with van der Waals surface area (Å²) in [6.07, 6.45) is 0.624. The van der Waals surface area contributed by atoms with Gasteiger partial charge in [0.15, 0.2) is 11.5 Å². The molecule has 1 aromatic carbocycles. The first-order chi connectivity index (χ1) is 7.94. The van der Waals surface area contributed by atoms with Gasteiger partial charge in [-0.05, 0) is 28.8 Å². The van der Waals surface area contributed by atoms with E-state index in [9.17, 15) is 14.3 Å². The number of aliphatic carboxylic acids is 1.